The Kier molecular flexibility index (Phi) is 13.6. The topological polar surface area (TPSA) is 154 Å². The number of hydrogen-bond acceptors (Lipinski definition) is 7. The number of nitrogens with one attached hydrogen (secondary N) is 3. The summed E-state index contributed by atoms with van der Waals surface area (Å²) in [4.78, 5) is 26.8. The molecule has 3 aromatic rings. The smallest absolute Gasteiger partial charge is 0.243 e. The Morgan fingerprint density at radius 1 is 0.938 bits per heavy atom. The second-order valence-corrected chi connectivity index (χ2v) is 15.3. The molecule has 0 fully saturated rings. The molecule has 10 nitrogen and oxygen atoms in total. The van der Waals surface area contributed by atoms with Gasteiger partial charge in [-0.2, -0.15) is 4.31 Å². The molecule has 0 heterocycles. The summed E-state index contributed by atoms with van der Waals surface area (Å²) in [7, 11) is -4.04. The van der Waals surface area contributed by atoms with Crippen molar-refractivity contribution in [2.24, 2.45) is 11.3 Å². The molecule has 48 heavy (non-hydrogen) atoms. The van der Waals surface area contributed by atoms with Gasteiger partial charge in [-0.15, -0.1) is 0 Å². The van der Waals surface area contributed by atoms with Crippen molar-refractivity contribution in [2.45, 2.75) is 70.7 Å². The molecule has 0 saturated carbocycles. The summed E-state index contributed by atoms with van der Waals surface area (Å²) in [5.41, 5.74) is 6.24. The van der Waals surface area contributed by atoms with Crippen LogP contribution in [0.5, 0.6) is 0 Å². The summed E-state index contributed by atoms with van der Waals surface area (Å²) in [5, 5.41) is 20.0. The number of nitrogens with two attached hydrogens (primary N) is 1. The number of amides is 2. The molecule has 262 valence electrons. The van der Waals surface area contributed by atoms with Crippen LogP contribution in [0.3, 0.4) is 0 Å². The summed E-state index contributed by atoms with van der Waals surface area (Å²) in [6.45, 7) is 8.43. The highest BCUT2D eigenvalue weighted by molar-refractivity contribution is 7.89. The van der Waals surface area contributed by atoms with Crippen molar-refractivity contribution in [1.29, 1.82) is 0 Å². The largest absolute Gasteiger partial charge is 0.399 e. The standard InChI is InChI=1S/C35H47F2N5O5S/c1-23(2)21-42(48(46,47)28-14-12-27(38)13-15-28)22-31(43)30(17-24-9-7-6-8-10-24)40-34(45)33(35(3,4)5)41-32(44)20-39-19-25-18-26(36)11-16-29(25)37/h6-16,18,23,30-31,33,39,43H,17,19-22,38H2,1-5H3,(H,40,45)(H,41,44)/t30-,31+,33+/m0/s1. The Morgan fingerprint density at radius 3 is 2.19 bits per heavy atom. The van der Waals surface area contributed by atoms with E-state index < -0.39 is 57.1 Å². The number of hydrogen-bond donors (Lipinski definition) is 5. The van der Waals surface area contributed by atoms with Crippen LogP contribution < -0.4 is 21.7 Å². The zero-order valence-corrected chi connectivity index (χ0v) is 28.9. The van der Waals surface area contributed by atoms with Gasteiger partial charge in [0.05, 0.1) is 23.6 Å². The van der Waals surface area contributed by atoms with Gasteiger partial charge in [0.25, 0.3) is 0 Å². The molecular formula is C35H47F2N5O5S. The third kappa shape index (κ3) is 11.4. The lowest BCUT2D eigenvalue weighted by Crippen LogP contribution is -2.59. The number of anilines is 1. The lowest BCUT2D eigenvalue weighted by Gasteiger charge is -2.34. The van der Waals surface area contributed by atoms with Gasteiger partial charge >= 0.3 is 0 Å². The van der Waals surface area contributed by atoms with Gasteiger partial charge in [0.2, 0.25) is 21.8 Å². The fourth-order valence-corrected chi connectivity index (χ4v) is 6.72. The Labute approximate surface area is 282 Å². The Morgan fingerprint density at radius 2 is 1.58 bits per heavy atom. The molecule has 0 aliphatic carbocycles. The Hall–Kier alpha value is -3.91. The summed E-state index contributed by atoms with van der Waals surface area (Å²) >= 11 is 0. The van der Waals surface area contributed by atoms with Crippen LogP contribution >= 0.6 is 0 Å². The number of carbonyl (C=O) groups excluding carboxylic acids is 2. The minimum atomic E-state index is -4.04. The van der Waals surface area contributed by atoms with E-state index in [1.54, 1.807) is 20.8 Å². The molecule has 0 spiro atoms. The molecule has 6 N–H and O–H groups in total. The fourth-order valence-electron chi connectivity index (χ4n) is 5.10. The average molecular weight is 688 g/mol. The first kappa shape index (κ1) is 38.5. The molecular weight excluding hydrogens is 640 g/mol. The van der Waals surface area contributed by atoms with Crippen LogP contribution in [0.1, 0.15) is 45.7 Å². The predicted octanol–water partition coefficient (Wildman–Crippen LogP) is 3.60. The first-order valence-corrected chi connectivity index (χ1v) is 17.2. The van der Waals surface area contributed by atoms with Crippen molar-refractivity contribution in [1.82, 2.24) is 20.3 Å². The molecule has 0 radical (unpaired) electrons. The summed E-state index contributed by atoms with van der Waals surface area (Å²) in [6.07, 6.45) is -1.16. The zero-order valence-electron chi connectivity index (χ0n) is 28.0. The number of aliphatic hydroxyl groups excluding tert-OH is 1. The van der Waals surface area contributed by atoms with Crippen molar-refractivity contribution >= 4 is 27.5 Å². The van der Waals surface area contributed by atoms with Crippen LogP contribution in [0.15, 0.2) is 77.7 Å². The molecule has 0 aliphatic heterocycles. The second kappa shape index (κ2) is 17.0. The fraction of sp³-hybridized carbons (Fsp3) is 0.429. The van der Waals surface area contributed by atoms with Crippen LogP contribution in [0.4, 0.5) is 14.5 Å². The number of aliphatic hydroxyl groups is 1. The van der Waals surface area contributed by atoms with Crippen LogP contribution in [0.2, 0.25) is 0 Å². The second-order valence-electron chi connectivity index (χ2n) is 13.4. The van der Waals surface area contributed by atoms with Crippen molar-refractivity contribution in [3.8, 4) is 0 Å². The quantitative estimate of drug-likeness (QED) is 0.144. The molecule has 0 aliphatic rings. The number of sulfonamides is 1. The van der Waals surface area contributed by atoms with E-state index in [1.807, 2.05) is 44.2 Å². The van der Waals surface area contributed by atoms with Crippen LogP contribution in [-0.4, -0.2) is 67.5 Å². The monoisotopic (exact) mass is 687 g/mol. The molecule has 0 bridgehead atoms. The number of benzene rings is 3. The van der Waals surface area contributed by atoms with Crippen LogP contribution in [0, 0.1) is 23.0 Å². The van der Waals surface area contributed by atoms with Gasteiger partial charge in [0.1, 0.15) is 17.7 Å². The van der Waals surface area contributed by atoms with E-state index in [0.29, 0.717) is 5.69 Å². The van der Waals surface area contributed by atoms with E-state index in [1.165, 1.54) is 28.6 Å². The number of carbonyl (C=O) groups is 2. The zero-order chi connectivity index (χ0) is 35.6. The molecule has 0 aromatic heterocycles. The lowest BCUT2D eigenvalue weighted by molar-refractivity contribution is -0.132. The Balaban J connectivity index is 1.81. The maximum absolute atomic E-state index is 14.0. The Bertz CT molecular complexity index is 1620. The van der Waals surface area contributed by atoms with E-state index >= 15 is 0 Å². The number of halogens is 2. The van der Waals surface area contributed by atoms with E-state index in [0.717, 1.165) is 23.8 Å². The number of nitrogen functional groups attached to an aromatic ring is 1. The molecule has 3 rings (SSSR count). The summed E-state index contributed by atoms with van der Waals surface area (Å²) in [6, 6.07) is 16.0. The predicted molar refractivity (Wildman–Crippen MR) is 182 cm³/mol. The minimum Gasteiger partial charge on any atom is -0.399 e. The molecule has 13 heteroatoms. The van der Waals surface area contributed by atoms with Crippen LogP contribution in [0.25, 0.3) is 0 Å². The first-order valence-electron chi connectivity index (χ1n) is 15.8. The first-order chi connectivity index (χ1) is 22.5. The van der Waals surface area contributed by atoms with Crippen molar-refractivity contribution in [3.05, 3.63) is 95.6 Å². The SMILES string of the molecule is CC(C)CN(C[C@@H](O)[C@H](Cc1ccccc1)NC(=O)[C@@H](NC(=O)CNCc1cc(F)ccc1F)C(C)(C)C)S(=O)(=O)c1ccc(N)cc1. The molecule has 0 unspecified atom stereocenters. The summed E-state index contributed by atoms with van der Waals surface area (Å²) < 4.78 is 56.1. The molecule has 3 aromatic carbocycles. The third-order valence-corrected chi connectivity index (χ3v) is 9.46. The maximum atomic E-state index is 14.0. The van der Waals surface area contributed by atoms with Crippen molar-refractivity contribution in [2.75, 3.05) is 25.4 Å². The van der Waals surface area contributed by atoms with E-state index in [4.69, 9.17) is 5.73 Å². The third-order valence-electron chi connectivity index (χ3n) is 7.61. The van der Waals surface area contributed by atoms with E-state index in [2.05, 4.69) is 16.0 Å². The molecule has 3 atom stereocenters. The highest BCUT2D eigenvalue weighted by Gasteiger charge is 2.36. The van der Waals surface area contributed by atoms with Gasteiger partial charge < -0.3 is 26.8 Å². The number of nitrogens with zero attached hydrogens (tertiary/aromatic N) is 1. The number of rotatable bonds is 16. The van der Waals surface area contributed by atoms with Crippen LogP contribution in [-0.2, 0) is 32.6 Å². The normalized spacial score (nSPS) is 14.0. The van der Waals surface area contributed by atoms with E-state index in [-0.39, 0.29) is 49.0 Å². The highest BCUT2D eigenvalue weighted by atomic mass is 32.2. The highest BCUT2D eigenvalue weighted by Crippen LogP contribution is 2.22. The average Bonchev–Trinajstić information content (AvgIpc) is 3.00. The van der Waals surface area contributed by atoms with Gasteiger partial charge in [-0.3, -0.25) is 9.59 Å². The minimum absolute atomic E-state index is 0.0254. The van der Waals surface area contributed by atoms with Gasteiger partial charge in [0, 0.05) is 30.9 Å². The van der Waals surface area contributed by atoms with E-state index in [9.17, 15) is 31.9 Å². The maximum Gasteiger partial charge on any atom is 0.243 e. The van der Waals surface area contributed by atoms with Crippen molar-refractivity contribution < 1.29 is 31.9 Å². The van der Waals surface area contributed by atoms with Gasteiger partial charge in [-0.25, -0.2) is 17.2 Å². The lowest BCUT2D eigenvalue weighted by atomic mass is 9.85. The van der Waals surface area contributed by atoms with Crippen molar-refractivity contribution in [3.63, 3.8) is 0 Å². The van der Waals surface area contributed by atoms with Gasteiger partial charge in [-0.1, -0.05) is 65.0 Å². The molecule has 0 saturated heterocycles. The summed E-state index contributed by atoms with van der Waals surface area (Å²) in [5.74, 6) is -2.44. The van der Waals surface area contributed by atoms with Gasteiger partial charge in [-0.05, 0) is 65.8 Å². The molecule has 2 amide bonds. The van der Waals surface area contributed by atoms with Gasteiger partial charge in [0.15, 0.2) is 0 Å².